The Morgan fingerprint density at radius 3 is 2.57 bits per heavy atom. The van der Waals surface area contributed by atoms with Crippen molar-refractivity contribution in [2.24, 2.45) is 5.92 Å². The topological polar surface area (TPSA) is 41.6 Å². The molecule has 1 aliphatic rings. The molecule has 1 amide bonds. The van der Waals surface area contributed by atoms with E-state index in [0.717, 1.165) is 38.0 Å². The molecular weight excluding hydrogens is 264 g/mol. The van der Waals surface area contributed by atoms with Gasteiger partial charge in [0.25, 0.3) is 0 Å². The first-order chi connectivity index (χ1) is 10.2. The van der Waals surface area contributed by atoms with Gasteiger partial charge in [-0.25, -0.2) is 4.79 Å². The summed E-state index contributed by atoms with van der Waals surface area (Å²) in [6, 6.07) is 9.99. The highest BCUT2D eigenvalue weighted by molar-refractivity contribution is 5.68. The van der Waals surface area contributed by atoms with Crippen LogP contribution in [0.25, 0.3) is 0 Å². The zero-order chi connectivity index (χ0) is 15.1. The largest absolute Gasteiger partial charge is 0.445 e. The summed E-state index contributed by atoms with van der Waals surface area (Å²) in [7, 11) is 0. The van der Waals surface area contributed by atoms with E-state index in [1.165, 1.54) is 0 Å². The molecule has 0 bridgehead atoms. The third kappa shape index (κ3) is 5.05. The molecule has 1 N–H and O–H groups in total. The van der Waals surface area contributed by atoms with E-state index in [1.54, 1.807) is 0 Å². The molecule has 0 atom stereocenters. The number of carbonyl (C=O) groups excluding carboxylic acids is 1. The Balaban J connectivity index is 1.86. The number of carbonyl (C=O) groups is 1. The van der Waals surface area contributed by atoms with Gasteiger partial charge in [-0.15, -0.1) is 0 Å². The Labute approximate surface area is 127 Å². The summed E-state index contributed by atoms with van der Waals surface area (Å²) >= 11 is 0. The molecule has 1 aromatic rings. The van der Waals surface area contributed by atoms with E-state index < -0.39 is 0 Å². The van der Waals surface area contributed by atoms with Gasteiger partial charge in [0.15, 0.2) is 0 Å². The third-order valence-corrected chi connectivity index (χ3v) is 3.98. The quantitative estimate of drug-likeness (QED) is 0.906. The molecule has 4 nitrogen and oxygen atoms in total. The summed E-state index contributed by atoms with van der Waals surface area (Å²) in [4.78, 5) is 14.2. The van der Waals surface area contributed by atoms with Gasteiger partial charge in [-0.05, 0) is 51.3 Å². The average Bonchev–Trinajstić information content (AvgIpc) is 2.52. The molecule has 0 radical (unpaired) electrons. The van der Waals surface area contributed by atoms with Crippen molar-refractivity contribution in [1.29, 1.82) is 0 Å². The monoisotopic (exact) mass is 290 g/mol. The lowest BCUT2D eigenvalue weighted by Crippen LogP contribution is -2.43. The standard InChI is InChI=1S/C17H26N2O2/c1-14(2)19(12-15-8-10-18-11-9-15)17(20)21-13-16-6-4-3-5-7-16/h3-7,14-15,18H,8-13H2,1-2H3. The van der Waals surface area contributed by atoms with Crippen molar-refractivity contribution in [2.45, 2.75) is 39.3 Å². The second-order valence-corrected chi connectivity index (χ2v) is 5.98. The van der Waals surface area contributed by atoms with Gasteiger partial charge in [-0.1, -0.05) is 30.3 Å². The van der Waals surface area contributed by atoms with Crippen LogP contribution in [0.4, 0.5) is 4.79 Å². The van der Waals surface area contributed by atoms with Crippen LogP contribution in [-0.4, -0.2) is 36.7 Å². The van der Waals surface area contributed by atoms with Gasteiger partial charge in [0, 0.05) is 12.6 Å². The Hall–Kier alpha value is -1.55. The predicted octanol–water partition coefficient (Wildman–Crippen LogP) is 3.03. The minimum absolute atomic E-state index is 0.170. The summed E-state index contributed by atoms with van der Waals surface area (Å²) in [5.41, 5.74) is 1.02. The molecule has 1 heterocycles. The maximum atomic E-state index is 12.3. The van der Waals surface area contributed by atoms with Crippen LogP contribution in [0.15, 0.2) is 30.3 Å². The fourth-order valence-corrected chi connectivity index (χ4v) is 2.64. The lowest BCUT2D eigenvalue weighted by atomic mass is 9.97. The maximum Gasteiger partial charge on any atom is 0.410 e. The van der Waals surface area contributed by atoms with Gasteiger partial charge in [0.2, 0.25) is 0 Å². The highest BCUT2D eigenvalue weighted by Crippen LogP contribution is 2.16. The van der Waals surface area contributed by atoms with E-state index in [-0.39, 0.29) is 12.1 Å². The van der Waals surface area contributed by atoms with Crippen LogP contribution in [0.3, 0.4) is 0 Å². The lowest BCUT2D eigenvalue weighted by molar-refractivity contribution is 0.0763. The fraction of sp³-hybridized carbons (Fsp3) is 0.588. The first-order valence-electron chi connectivity index (χ1n) is 7.85. The summed E-state index contributed by atoms with van der Waals surface area (Å²) in [5.74, 6) is 0.581. The number of amides is 1. The number of hydrogen-bond acceptors (Lipinski definition) is 3. The van der Waals surface area contributed by atoms with Crippen LogP contribution in [0.1, 0.15) is 32.3 Å². The summed E-state index contributed by atoms with van der Waals surface area (Å²) in [5, 5.41) is 3.36. The second kappa shape index (κ2) is 8.03. The zero-order valence-corrected chi connectivity index (χ0v) is 13.0. The normalized spacial score (nSPS) is 16.0. The number of benzene rings is 1. The van der Waals surface area contributed by atoms with Crippen LogP contribution < -0.4 is 5.32 Å². The Morgan fingerprint density at radius 2 is 1.95 bits per heavy atom. The number of hydrogen-bond donors (Lipinski definition) is 1. The molecule has 0 saturated carbocycles. The minimum atomic E-state index is -0.201. The second-order valence-electron chi connectivity index (χ2n) is 5.98. The Kier molecular flexibility index (Phi) is 6.05. The molecule has 1 saturated heterocycles. The van der Waals surface area contributed by atoms with E-state index in [9.17, 15) is 4.79 Å². The van der Waals surface area contributed by atoms with Crippen molar-refractivity contribution >= 4 is 6.09 Å². The molecule has 0 spiro atoms. The van der Waals surface area contributed by atoms with Gasteiger partial charge in [-0.2, -0.15) is 0 Å². The number of rotatable bonds is 5. The first-order valence-corrected chi connectivity index (χ1v) is 7.85. The smallest absolute Gasteiger partial charge is 0.410 e. The van der Waals surface area contributed by atoms with E-state index >= 15 is 0 Å². The molecular formula is C17H26N2O2. The summed E-state index contributed by atoms with van der Waals surface area (Å²) < 4.78 is 5.46. The lowest BCUT2D eigenvalue weighted by Gasteiger charge is -2.32. The minimum Gasteiger partial charge on any atom is -0.445 e. The van der Waals surface area contributed by atoms with Crippen LogP contribution in [0, 0.1) is 5.92 Å². The molecule has 1 aliphatic heterocycles. The fourth-order valence-electron chi connectivity index (χ4n) is 2.64. The van der Waals surface area contributed by atoms with E-state index in [0.29, 0.717) is 12.5 Å². The predicted molar refractivity (Wildman–Crippen MR) is 84.1 cm³/mol. The third-order valence-electron chi connectivity index (χ3n) is 3.98. The van der Waals surface area contributed by atoms with Crippen molar-refractivity contribution in [3.63, 3.8) is 0 Å². The Morgan fingerprint density at radius 1 is 1.29 bits per heavy atom. The van der Waals surface area contributed by atoms with Crippen molar-refractivity contribution in [1.82, 2.24) is 10.2 Å². The van der Waals surface area contributed by atoms with Crippen molar-refractivity contribution < 1.29 is 9.53 Å². The van der Waals surface area contributed by atoms with E-state index in [4.69, 9.17) is 4.74 Å². The zero-order valence-electron chi connectivity index (χ0n) is 13.0. The molecule has 0 unspecified atom stereocenters. The van der Waals surface area contributed by atoms with Gasteiger partial charge in [0.05, 0.1) is 0 Å². The van der Waals surface area contributed by atoms with E-state index in [2.05, 4.69) is 5.32 Å². The number of ether oxygens (including phenoxy) is 1. The van der Waals surface area contributed by atoms with Crippen LogP contribution in [-0.2, 0) is 11.3 Å². The van der Waals surface area contributed by atoms with Crippen LogP contribution >= 0.6 is 0 Å². The highest BCUT2D eigenvalue weighted by atomic mass is 16.6. The van der Waals surface area contributed by atoms with Crippen LogP contribution in [0.2, 0.25) is 0 Å². The van der Waals surface area contributed by atoms with Gasteiger partial charge in [-0.3, -0.25) is 0 Å². The molecule has 21 heavy (non-hydrogen) atoms. The van der Waals surface area contributed by atoms with Crippen molar-refractivity contribution in [3.05, 3.63) is 35.9 Å². The van der Waals surface area contributed by atoms with Crippen molar-refractivity contribution in [3.8, 4) is 0 Å². The highest BCUT2D eigenvalue weighted by Gasteiger charge is 2.23. The van der Waals surface area contributed by atoms with Crippen molar-refractivity contribution in [2.75, 3.05) is 19.6 Å². The first kappa shape index (κ1) is 15.8. The van der Waals surface area contributed by atoms with Gasteiger partial charge >= 0.3 is 6.09 Å². The molecule has 1 aromatic carbocycles. The number of nitrogens with zero attached hydrogens (tertiary/aromatic N) is 1. The molecule has 0 aliphatic carbocycles. The molecule has 4 heteroatoms. The maximum absolute atomic E-state index is 12.3. The number of nitrogens with one attached hydrogen (secondary N) is 1. The van der Waals surface area contributed by atoms with Gasteiger partial charge in [0.1, 0.15) is 6.61 Å². The molecule has 116 valence electrons. The summed E-state index contributed by atoms with van der Waals surface area (Å²) in [6.45, 7) is 7.34. The Bertz CT molecular complexity index is 428. The number of piperidine rings is 1. The van der Waals surface area contributed by atoms with E-state index in [1.807, 2.05) is 49.1 Å². The molecule has 2 rings (SSSR count). The van der Waals surface area contributed by atoms with Gasteiger partial charge < -0.3 is 15.0 Å². The molecule has 1 fully saturated rings. The molecule has 0 aromatic heterocycles. The van der Waals surface area contributed by atoms with Crippen LogP contribution in [0.5, 0.6) is 0 Å². The SMILES string of the molecule is CC(C)N(CC1CCNCC1)C(=O)OCc1ccccc1. The summed E-state index contributed by atoms with van der Waals surface area (Å²) in [6.07, 6.45) is 2.07. The average molecular weight is 290 g/mol.